The fourth-order valence-electron chi connectivity index (χ4n) is 3.20. The standard InChI is InChI=1S/C14H13BrCl3NO/c15-9-4-6-10(7-5-9)19-12(20)13(16)8-2-1-3-11(13)14(19,17)18/h4-7,11H,1-3,8H2. The lowest BCUT2D eigenvalue weighted by molar-refractivity contribution is -0.120. The third-order valence-electron chi connectivity index (χ3n) is 4.20. The van der Waals surface area contributed by atoms with E-state index >= 15 is 0 Å². The molecule has 0 N–H and O–H groups in total. The summed E-state index contributed by atoms with van der Waals surface area (Å²) in [4.78, 5) is 13.3. The van der Waals surface area contributed by atoms with Gasteiger partial charge in [-0.3, -0.25) is 9.69 Å². The van der Waals surface area contributed by atoms with Crippen LogP contribution in [-0.2, 0) is 4.79 Å². The van der Waals surface area contributed by atoms with Crippen LogP contribution in [0.5, 0.6) is 0 Å². The van der Waals surface area contributed by atoms with Crippen LogP contribution >= 0.6 is 50.7 Å². The minimum Gasteiger partial charge on any atom is -0.278 e. The molecule has 0 radical (unpaired) electrons. The molecule has 1 aromatic carbocycles. The Hall–Kier alpha value is 0.0400. The Kier molecular flexibility index (Phi) is 3.77. The van der Waals surface area contributed by atoms with Crippen LogP contribution in [0.25, 0.3) is 0 Å². The number of carbonyl (C=O) groups is 1. The van der Waals surface area contributed by atoms with Gasteiger partial charge in [0.2, 0.25) is 4.46 Å². The molecule has 1 saturated heterocycles. The molecule has 3 rings (SSSR count). The van der Waals surface area contributed by atoms with Gasteiger partial charge in [0.05, 0.1) is 0 Å². The third-order valence-corrected chi connectivity index (χ3v) is 6.20. The van der Waals surface area contributed by atoms with Gasteiger partial charge in [0, 0.05) is 16.1 Å². The van der Waals surface area contributed by atoms with E-state index in [1.165, 1.54) is 4.90 Å². The van der Waals surface area contributed by atoms with E-state index in [4.69, 9.17) is 34.8 Å². The maximum atomic E-state index is 12.8. The number of fused-ring (bicyclic) bond motifs is 1. The predicted octanol–water partition coefficient (Wildman–Crippen LogP) is 5.09. The van der Waals surface area contributed by atoms with Crippen molar-refractivity contribution >= 4 is 62.3 Å². The number of rotatable bonds is 1. The monoisotopic (exact) mass is 395 g/mol. The normalized spacial score (nSPS) is 32.3. The molecular weight excluding hydrogens is 384 g/mol. The number of hydrogen-bond acceptors (Lipinski definition) is 1. The summed E-state index contributed by atoms with van der Waals surface area (Å²) >= 11 is 23.1. The molecule has 108 valence electrons. The molecule has 1 heterocycles. The first kappa shape index (κ1) is 15.0. The van der Waals surface area contributed by atoms with Crippen molar-refractivity contribution in [2.24, 2.45) is 5.92 Å². The summed E-state index contributed by atoms with van der Waals surface area (Å²) in [6.07, 6.45) is 3.34. The Balaban J connectivity index is 2.07. The maximum absolute atomic E-state index is 12.8. The van der Waals surface area contributed by atoms with E-state index in [2.05, 4.69) is 15.9 Å². The molecule has 20 heavy (non-hydrogen) atoms. The van der Waals surface area contributed by atoms with Crippen LogP contribution in [0.2, 0.25) is 0 Å². The number of carbonyl (C=O) groups excluding carboxylic acids is 1. The predicted molar refractivity (Wildman–Crippen MR) is 86.6 cm³/mol. The Morgan fingerprint density at radius 3 is 2.40 bits per heavy atom. The first-order valence-corrected chi connectivity index (χ1v) is 8.47. The van der Waals surface area contributed by atoms with Gasteiger partial charge in [0.1, 0.15) is 4.87 Å². The molecule has 2 fully saturated rings. The van der Waals surface area contributed by atoms with E-state index < -0.39 is 9.33 Å². The highest BCUT2D eigenvalue weighted by atomic mass is 79.9. The molecule has 1 amide bonds. The summed E-state index contributed by atoms with van der Waals surface area (Å²) in [5, 5.41) is 0. The average molecular weight is 398 g/mol. The Morgan fingerprint density at radius 1 is 1.15 bits per heavy atom. The molecular formula is C14H13BrCl3NO. The fraction of sp³-hybridized carbons (Fsp3) is 0.500. The minimum atomic E-state index is -1.28. The van der Waals surface area contributed by atoms with E-state index in [9.17, 15) is 4.79 Å². The number of nitrogens with zero attached hydrogens (tertiary/aromatic N) is 1. The van der Waals surface area contributed by atoms with E-state index in [0.29, 0.717) is 12.1 Å². The van der Waals surface area contributed by atoms with E-state index in [1.807, 2.05) is 24.3 Å². The minimum absolute atomic E-state index is 0.184. The SMILES string of the molecule is O=C1N(c2ccc(Br)cc2)C(Cl)(Cl)C2CCCCC12Cl. The summed E-state index contributed by atoms with van der Waals surface area (Å²) in [6, 6.07) is 7.35. The second kappa shape index (κ2) is 5.05. The molecule has 2 nitrogen and oxygen atoms in total. The molecule has 0 spiro atoms. The molecule has 1 aromatic rings. The lowest BCUT2D eigenvalue weighted by Gasteiger charge is -2.34. The van der Waals surface area contributed by atoms with E-state index in [1.54, 1.807) is 0 Å². The van der Waals surface area contributed by atoms with Crippen LogP contribution in [-0.4, -0.2) is 15.2 Å². The molecule has 2 unspecified atom stereocenters. The van der Waals surface area contributed by atoms with Crippen molar-refractivity contribution in [1.29, 1.82) is 0 Å². The van der Waals surface area contributed by atoms with Crippen molar-refractivity contribution in [3.8, 4) is 0 Å². The Labute approximate surface area is 141 Å². The zero-order valence-electron chi connectivity index (χ0n) is 10.6. The number of halogens is 4. The van der Waals surface area contributed by atoms with E-state index in [0.717, 1.165) is 23.7 Å². The topological polar surface area (TPSA) is 20.3 Å². The largest absolute Gasteiger partial charge is 0.278 e. The van der Waals surface area contributed by atoms with Gasteiger partial charge in [-0.15, -0.1) is 11.6 Å². The smallest absolute Gasteiger partial charge is 0.251 e. The molecule has 1 saturated carbocycles. The quantitative estimate of drug-likeness (QED) is 0.477. The maximum Gasteiger partial charge on any atom is 0.251 e. The summed E-state index contributed by atoms with van der Waals surface area (Å²) < 4.78 is -0.353. The zero-order chi connectivity index (χ0) is 14.5. The number of hydrogen-bond donors (Lipinski definition) is 0. The average Bonchev–Trinajstić information content (AvgIpc) is 2.56. The van der Waals surface area contributed by atoms with Gasteiger partial charge in [-0.1, -0.05) is 52.0 Å². The first-order valence-electron chi connectivity index (χ1n) is 6.54. The van der Waals surface area contributed by atoms with Gasteiger partial charge >= 0.3 is 0 Å². The highest BCUT2D eigenvalue weighted by Gasteiger charge is 2.66. The van der Waals surface area contributed by atoms with Crippen LogP contribution in [0, 0.1) is 5.92 Å². The van der Waals surface area contributed by atoms with Crippen LogP contribution < -0.4 is 4.90 Å². The molecule has 0 bridgehead atoms. The number of amides is 1. The van der Waals surface area contributed by atoms with Crippen molar-refractivity contribution in [3.63, 3.8) is 0 Å². The summed E-state index contributed by atoms with van der Waals surface area (Å²) in [7, 11) is 0. The molecule has 1 aliphatic carbocycles. The fourth-order valence-corrected chi connectivity index (χ4v) is 5.00. The summed E-state index contributed by atoms with van der Waals surface area (Å²) in [5.74, 6) is -0.430. The lowest BCUT2D eigenvalue weighted by Crippen LogP contribution is -2.40. The Morgan fingerprint density at radius 2 is 1.80 bits per heavy atom. The number of alkyl halides is 3. The lowest BCUT2D eigenvalue weighted by atomic mass is 9.80. The van der Waals surface area contributed by atoms with Crippen molar-refractivity contribution in [3.05, 3.63) is 28.7 Å². The molecule has 6 heteroatoms. The second-order valence-electron chi connectivity index (χ2n) is 5.37. The van der Waals surface area contributed by atoms with Crippen molar-refractivity contribution in [2.45, 2.75) is 35.0 Å². The number of benzene rings is 1. The van der Waals surface area contributed by atoms with Crippen molar-refractivity contribution < 1.29 is 4.79 Å². The van der Waals surface area contributed by atoms with Crippen molar-refractivity contribution in [2.75, 3.05) is 4.90 Å². The van der Waals surface area contributed by atoms with Gasteiger partial charge in [0.15, 0.2) is 0 Å². The molecule has 2 aliphatic rings. The van der Waals surface area contributed by atoms with Gasteiger partial charge in [0.25, 0.3) is 5.91 Å². The second-order valence-corrected chi connectivity index (χ2v) is 8.30. The van der Waals surface area contributed by atoms with E-state index in [-0.39, 0.29) is 11.8 Å². The highest BCUT2D eigenvalue weighted by molar-refractivity contribution is 9.10. The summed E-state index contributed by atoms with van der Waals surface area (Å²) in [6.45, 7) is 0. The van der Waals surface area contributed by atoms with Gasteiger partial charge in [-0.25, -0.2) is 0 Å². The Bertz CT molecular complexity index is 548. The number of anilines is 1. The zero-order valence-corrected chi connectivity index (χ0v) is 14.4. The highest BCUT2D eigenvalue weighted by Crippen LogP contribution is 2.58. The first-order chi connectivity index (χ1) is 9.37. The van der Waals surface area contributed by atoms with Crippen molar-refractivity contribution in [1.82, 2.24) is 0 Å². The van der Waals surface area contributed by atoms with Crippen LogP contribution in [0.3, 0.4) is 0 Å². The van der Waals surface area contributed by atoms with Crippen LogP contribution in [0.15, 0.2) is 28.7 Å². The van der Waals surface area contributed by atoms with Gasteiger partial charge in [-0.2, -0.15) is 0 Å². The van der Waals surface area contributed by atoms with Crippen LogP contribution in [0.4, 0.5) is 5.69 Å². The molecule has 0 aromatic heterocycles. The van der Waals surface area contributed by atoms with Gasteiger partial charge < -0.3 is 0 Å². The van der Waals surface area contributed by atoms with Gasteiger partial charge in [-0.05, 0) is 37.1 Å². The summed E-state index contributed by atoms with van der Waals surface area (Å²) in [5.41, 5.74) is 0.678. The van der Waals surface area contributed by atoms with Crippen LogP contribution in [0.1, 0.15) is 25.7 Å². The third kappa shape index (κ3) is 2.09. The molecule has 2 atom stereocenters. The molecule has 1 aliphatic heterocycles.